The highest BCUT2D eigenvalue weighted by Crippen LogP contribution is 2.40. The van der Waals surface area contributed by atoms with Gasteiger partial charge in [-0.15, -0.1) is 0 Å². The summed E-state index contributed by atoms with van der Waals surface area (Å²) in [6.07, 6.45) is 6.13. The highest BCUT2D eigenvalue weighted by molar-refractivity contribution is 5.99. The molecular weight excluding hydrogens is 377 g/mol. The fourth-order valence-electron chi connectivity index (χ4n) is 4.84. The molecule has 5 heteroatoms. The molecule has 2 atom stereocenters. The fourth-order valence-corrected chi connectivity index (χ4v) is 4.84. The maximum absolute atomic E-state index is 13.3. The van der Waals surface area contributed by atoms with Gasteiger partial charge in [0.2, 0.25) is 0 Å². The Kier molecular flexibility index (Phi) is 7.10. The molecule has 0 spiro atoms. The fraction of sp³-hybridized carbons (Fsp3) is 0.520. The van der Waals surface area contributed by atoms with Crippen LogP contribution < -0.4 is 0 Å². The smallest absolute Gasteiger partial charge is 0.180 e. The van der Waals surface area contributed by atoms with Crippen LogP contribution in [0.2, 0.25) is 0 Å². The van der Waals surface area contributed by atoms with Gasteiger partial charge < -0.3 is 9.47 Å². The van der Waals surface area contributed by atoms with Crippen LogP contribution >= 0.6 is 0 Å². The van der Waals surface area contributed by atoms with Gasteiger partial charge in [-0.25, -0.2) is 4.39 Å². The van der Waals surface area contributed by atoms with Gasteiger partial charge in [0.1, 0.15) is 11.7 Å². The Morgan fingerprint density at radius 3 is 2.37 bits per heavy atom. The third-order valence-corrected chi connectivity index (χ3v) is 6.68. The van der Waals surface area contributed by atoms with E-state index in [1.54, 1.807) is 0 Å². The molecule has 3 rings (SSSR count). The van der Waals surface area contributed by atoms with Crippen LogP contribution in [0.3, 0.4) is 0 Å². The molecule has 0 amide bonds. The number of nitriles is 1. The summed E-state index contributed by atoms with van der Waals surface area (Å²) in [4.78, 5) is 15.7. The molecule has 0 N–H and O–H groups in total. The third-order valence-electron chi connectivity index (χ3n) is 6.68. The average Bonchev–Trinajstić information content (AvgIpc) is 3.18. The van der Waals surface area contributed by atoms with Crippen LogP contribution in [0.1, 0.15) is 55.6 Å². The topological polar surface area (TPSA) is 49.0 Å². The number of Topliss-reactive ketones (excluding diaryl/α,β-unsaturated/α-hetero) is 1. The predicted octanol–water partition coefficient (Wildman–Crippen LogP) is 4.96. The number of piperidine rings is 1. The number of rotatable bonds is 8. The Morgan fingerprint density at radius 1 is 1.17 bits per heavy atom. The van der Waals surface area contributed by atoms with E-state index in [4.69, 9.17) is 0 Å². The van der Waals surface area contributed by atoms with Crippen molar-refractivity contribution in [2.45, 2.75) is 44.9 Å². The van der Waals surface area contributed by atoms with Crippen molar-refractivity contribution in [2.24, 2.45) is 18.9 Å². The van der Waals surface area contributed by atoms with Gasteiger partial charge in [0.25, 0.3) is 0 Å². The molecule has 1 aliphatic rings. The molecule has 2 aromatic rings. The van der Waals surface area contributed by atoms with E-state index >= 15 is 0 Å². The van der Waals surface area contributed by atoms with E-state index in [1.165, 1.54) is 43.5 Å². The number of likely N-dealkylation sites (tertiary alicyclic amines) is 1. The largest absolute Gasteiger partial charge is 0.354 e. The Labute approximate surface area is 179 Å². The maximum Gasteiger partial charge on any atom is 0.180 e. The molecule has 1 aromatic heterocycles. The minimum atomic E-state index is -0.780. The molecule has 4 nitrogen and oxygen atoms in total. The number of benzene rings is 1. The molecular formula is C25H32FN3O. The Hall–Kier alpha value is -2.45. The first-order valence-electron chi connectivity index (χ1n) is 10.9. The van der Waals surface area contributed by atoms with E-state index in [0.717, 1.165) is 25.3 Å². The summed E-state index contributed by atoms with van der Waals surface area (Å²) in [6, 6.07) is 11.9. The van der Waals surface area contributed by atoms with Crippen molar-refractivity contribution in [3.8, 4) is 6.07 Å². The summed E-state index contributed by atoms with van der Waals surface area (Å²) in [5.74, 6) is -1.15. The van der Waals surface area contributed by atoms with Gasteiger partial charge in [-0.1, -0.05) is 20.3 Å². The summed E-state index contributed by atoms with van der Waals surface area (Å²) in [6.45, 7) is 7.32. The van der Waals surface area contributed by atoms with Crippen LogP contribution in [0.5, 0.6) is 0 Å². The number of ketones is 1. The molecule has 1 saturated heterocycles. The second-order valence-corrected chi connectivity index (χ2v) is 8.91. The number of aryl methyl sites for hydroxylation is 1. The van der Waals surface area contributed by atoms with Crippen molar-refractivity contribution >= 4 is 5.78 Å². The minimum Gasteiger partial charge on any atom is -0.354 e. The van der Waals surface area contributed by atoms with Gasteiger partial charge in [-0.05, 0) is 74.7 Å². The number of carbonyl (C=O) groups is 1. The summed E-state index contributed by atoms with van der Waals surface area (Å²) in [5.41, 5.74) is 1.23. The normalized spacial score (nSPS) is 18.0. The quantitative estimate of drug-likeness (QED) is 0.579. The lowest BCUT2D eigenvalue weighted by Gasteiger charge is -2.44. The van der Waals surface area contributed by atoms with Gasteiger partial charge in [0.15, 0.2) is 5.78 Å². The van der Waals surface area contributed by atoms with Crippen molar-refractivity contribution in [3.63, 3.8) is 0 Å². The van der Waals surface area contributed by atoms with Gasteiger partial charge >= 0.3 is 0 Å². The van der Waals surface area contributed by atoms with E-state index < -0.39 is 5.92 Å². The van der Waals surface area contributed by atoms with E-state index in [-0.39, 0.29) is 22.9 Å². The third kappa shape index (κ3) is 4.65. The number of aromatic nitrogens is 1. The maximum atomic E-state index is 13.3. The number of hydrogen-bond donors (Lipinski definition) is 0. The first kappa shape index (κ1) is 22.2. The van der Waals surface area contributed by atoms with Crippen LogP contribution in [-0.2, 0) is 12.5 Å². The van der Waals surface area contributed by atoms with Crippen molar-refractivity contribution in [1.29, 1.82) is 5.26 Å². The van der Waals surface area contributed by atoms with Crippen molar-refractivity contribution in [1.82, 2.24) is 9.47 Å². The Morgan fingerprint density at radius 2 is 1.83 bits per heavy atom. The van der Waals surface area contributed by atoms with Crippen molar-refractivity contribution in [2.75, 3.05) is 19.6 Å². The zero-order chi connectivity index (χ0) is 21.7. The molecule has 0 aliphatic carbocycles. The molecule has 0 radical (unpaired) electrons. The number of carbonyl (C=O) groups excluding carboxylic acids is 1. The van der Waals surface area contributed by atoms with Gasteiger partial charge in [0.05, 0.1) is 6.07 Å². The molecule has 1 fully saturated rings. The predicted molar refractivity (Wildman–Crippen MR) is 117 cm³/mol. The van der Waals surface area contributed by atoms with E-state index in [9.17, 15) is 14.4 Å². The summed E-state index contributed by atoms with van der Waals surface area (Å²) < 4.78 is 15.4. The monoisotopic (exact) mass is 409 g/mol. The van der Waals surface area contributed by atoms with Crippen LogP contribution in [-0.4, -0.2) is 34.9 Å². The zero-order valence-electron chi connectivity index (χ0n) is 18.3. The van der Waals surface area contributed by atoms with Gasteiger partial charge in [-0.3, -0.25) is 4.79 Å². The molecule has 30 heavy (non-hydrogen) atoms. The van der Waals surface area contributed by atoms with Crippen LogP contribution in [0, 0.1) is 29.0 Å². The van der Waals surface area contributed by atoms with Crippen LogP contribution in [0.15, 0.2) is 42.6 Å². The zero-order valence-corrected chi connectivity index (χ0v) is 18.3. The van der Waals surface area contributed by atoms with E-state index in [2.05, 4.69) is 35.5 Å². The van der Waals surface area contributed by atoms with Crippen molar-refractivity contribution in [3.05, 3.63) is 59.7 Å². The first-order valence-corrected chi connectivity index (χ1v) is 10.9. The molecule has 160 valence electrons. The standard InChI is InChI=1S/C25H32FN3O/c1-19(2)25(23-8-7-13-28(23)3,18-29-14-5-4-6-15-29)16-21(17-27)24(30)20-9-11-22(26)12-10-20/h7-13,19,21H,4-6,14-16,18H2,1-3H3. The van der Waals surface area contributed by atoms with E-state index in [0.29, 0.717) is 12.0 Å². The second-order valence-electron chi connectivity index (χ2n) is 8.91. The lowest BCUT2D eigenvalue weighted by atomic mass is 9.67. The Balaban J connectivity index is 1.97. The summed E-state index contributed by atoms with van der Waals surface area (Å²) in [7, 11) is 2.03. The average molecular weight is 410 g/mol. The molecule has 1 aromatic carbocycles. The number of halogens is 1. The molecule has 2 heterocycles. The molecule has 0 saturated carbocycles. The number of hydrogen-bond acceptors (Lipinski definition) is 3. The first-order chi connectivity index (χ1) is 14.4. The summed E-state index contributed by atoms with van der Waals surface area (Å²) in [5, 5.41) is 9.96. The highest BCUT2D eigenvalue weighted by atomic mass is 19.1. The summed E-state index contributed by atoms with van der Waals surface area (Å²) >= 11 is 0. The van der Waals surface area contributed by atoms with E-state index in [1.807, 2.05) is 19.3 Å². The molecule has 0 bridgehead atoms. The lowest BCUT2D eigenvalue weighted by molar-refractivity contribution is 0.0868. The highest BCUT2D eigenvalue weighted by Gasteiger charge is 2.43. The minimum absolute atomic E-state index is 0.227. The second kappa shape index (κ2) is 9.57. The SMILES string of the molecule is CC(C)C(CC(C#N)C(=O)c1ccc(F)cc1)(CN1CCCCC1)c1cccn1C. The Bertz CT molecular complexity index is 890. The van der Waals surface area contributed by atoms with Crippen LogP contribution in [0.4, 0.5) is 4.39 Å². The van der Waals surface area contributed by atoms with Crippen LogP contribution in [0.25, 0.3) is 0 Å². The number of nitrogens with zero attached hydrogens (tertiary/aromatic N) is 3. The lowest BCUT2D eigenvalue weighted by Crippen LogP contribution is -2.48. The van der Waals surface area contributed by atoms with Gasteiger partial charge in [-0.2, -0.15) is 5.26 Å². The van der Waals surface area contributed by atoms with Crippen molar-refractivity contribution < 1.29 is 9.18 Å². The molecule has 2 unspecified atom stereocenters. The molecule has 1 aliphatic heterocycles. The van der Waals surface area contributed by atoms with Gasteiger partial charge in [0, 0.05) is 36.5 Å².